The summed E-state index contributed by atoms with van der Waals surface area (Å²) in [5, 5.41) is 3.74. The molecule has 0 aromatic heterocycles. The highest BCUT2D eigenvalue weighted by Gasteiger charge is 2.17. The van der Waals surface area contributed by atoms with Crippen LogP contribution in [0.1, 0.15) is 78.1 Å². The highest BCUT2D eigenvalue weighted by Crippen LogP contribution is 2.23. The Bertz CT molecular complexity index is 156. The Hall–Kier alpha value is -0.0400. The van der Waals surface area contributed by atoms with E-state index < -0.39 is 0 Å². The molecule has 0 aromatic rings. The average molecular weight is 225 g/mol. The molecule has 1 heteroatoms. The molecule has 1 fully saturated rings. The summed E-state index contributed by atoms with van der Waals surface area (Å²) in [6, 6.07) is 0.833. The van der Waals surface area contributed by atoms with Crippen LogP contribution in [0.2, 0.25) is 0 Å². The predicted octanol–water partition coefficient (Wildman–Crippen LogP) is 4.52. The molecule has 1 nitrogen and oxygen atoms in total. The molecule has 0 heterocycles. The highest BCUT2D eigenvalue weighted by molar-refractivity contribution is 4.75. The second-order valence-corrected chi connectivity index (χ2v) is 5.69. The lowest BCUT2D eigenvalue weighted by molar-refractivity contribution is 0.300. The van der Waals surface area contributed by atoms with Gasteiger partial charge in [0.2, 0.25) is 0 Å². The zero-order chi connectivity index (χ0) is 11.6. The molecule has 0 spiro atoms. The van der Waals surface area contributed by atoms with Crippen molar-refractivity contribution in [2.75, 3.05) is 6.54 Å². The molecule has 0 saturated heterocycles. The maximum Gasteiger partial charge on any atom is 0.00696 e. The van der Waals surface area contributed by atoms with Gasteiger partial charge in [-0.2, -0.15) is 0 Å². The Labute approximate surface area is 102 Å². The topological polar surface area (TPSA) is 12.0 Å². The quantitative estimate of drug-likeness (QED) is 0.599. The molecule has 0 aromatic carbocycles. The first-order chi connectivity index (χ1) is 7.83. The van der Waals surface area contributed by atoms with Crippen LogP contribution in [0.15, 0.2) is 0 Å². The van der Waals surface area contributed by atoms with Gasteiger partial charge in [0, 0.05) is 6.04 Å². The molecule has 0 radical (unpaired) electrons. The van der Waals surface area contributed by atoms with Gasteiger partial charge in [0.05, 0.1) is 0 Å². The number of nitrogens with one attached hydrogen (secondary N) is 1. The molecule has 1 saturated carbocycles. The van der Waals surface area contributed by atoms with E-state index in [1.807, 2.05) is 0 Å². The fraction of sp³-hybridized carbons (Fsp3) is 1.00. The molecular formula is C15H31N. The summed E-state index contributed by atoms with van der Waals surface area (Å²) in [5.74, 6) is 0.954. The van der Waals surface area contributed by atoms with Crippen molar-refractivity contribution < 1.29 is 0 Å². The normalized spacial score (nSPS) is 25.9. The van der Waals surface area contributed by atoms with Gasteiger partial charge in [0.1, 0.15) is 0 Å². The van der Waals surface area contributed by atoms with Crippen molar-refractivity contribution >= 4 is 0 Å². The maximum absolute atomic E-state index is 3.74. The van der Waals surface area contributed by atoms with Crippen LogP contribution >= 0.6 is 0 Å². The monoisotopic (exact) mass is 225 g/mol. The van der Waals surface area contributed by atoms with Crippen LogP contribution in [0.25, 0.3) is 0 Å². The minimum atomic E-state index is 0.833. The minimum absolute atomic E-state index is 0.833. The van der Waals surface area contributed by atoms with Crippen molar-refractivity contribution in [3.05, 3.63) is 0 Å². The van der Waals surface area contributed by atoms with Gasteiger partial charge in [-0.05, 0) is 31.7 Å². The van der Waals surface area contributed by atoms with Crippen molar-refractivity contribution in [3.8, 4) is 0 Å². The van der Waals surface area contributed by atoms with E-state index in [-0.39, 0.29) is 0 Å². The molecule has 0 bridgehead atoms. The van der Waals surface area contributed by atoms with Crippen LogP contribution in [0.4, 0.5) is 0 Å². The lowest BCUT2D eigenvalue weighted by atomic mass is 9.87. The summed E-state index contributed by atoms with van der Waals surface area (Å²) in [6.07, 6.45) is 14.2. The molecule has 96 valence electrons. The number of hydrogen-bond donors (Lipinski definition) is 1. The van der Waals surface area contributed by atoms with Crippen molar-refractivity contribution in [1.29, 1.82) is 0 Å². The fourth-order valence-corrected chi connectivity index (χ4v) is 2.83. The largest absolute Gasteiger partial charge is 0.314 e. The first kappa shape index (κ1) is 14.0. The Morgan fingerprint density at radius 1 is 1.00 bits per heavy atom. The van der Waals surface area contributed by atoms with E-state index in [9.17, 15) is 0 Å². The first-order valence-corrected chi connectivity index (χ1v) is 7.56. The molecular weight excluding hydrogens is 194 g/mol. The van der Waals surface area contributed by atoms with Gasteiger partial charge >= 0.3 is 0 Å². The van der Waals surface area contributed by atoms with E-state index in [1.54, 1.807) is 0 Å². The van der Waals surface area contributed by atoms with E-state index in [0.717, 1.165) is 12.0 Å². The second-order valence-electron chi connectivity index (χ2n) is 5.69. The van der Waals surface area contributed by atoms with Crippen LogP contribution in [-0.4, -0.2) is 12.6 Å². The lowest BCUT2D eigenvalue weighted by Gasteiger charge is -2.27. The highest BCUT2D eigenvalue weighted by atomic mass is 14.9. The summed E-state index contributed by atoms with van der Waals surface area (Å²) >= 11 is 0. The Morgan fingerprint density at radius 3 is 2.50 bits per heavy atom. The van der Waals surface area contributed by atoms with E-state index in [4.69, 9.17) is 0 Å². The number of rotatable bonds is 8. The standard InChI is InChI=1S/C15H31N/c1-3-4-5-6-7-8-12-16-15-11-9-10-14(2)13-15/h14-16H,3-13H2,1-2H3. The van der Waals surface area contributed by atoms with Gasteiger partial charge in [-0.3, -0.25) is 0 Å². The maximum atomic E-state index is 3.74. The third-order valence-corrected chi connectivity index (χ3v) is 3.90. The van der Waals surface area contributed by atoms with E-state index >= 15 is 0 Å². The predicted molar refractivity (Wildman–Crippen MR) is 72.8 cm³/mol. The van der Waals surface area contributed by atoms with Crippen LogP contribution in [0.3, 0.4) is 0 Å². The zero-order valence-corrected chi connectivity index (χ0v) is 11.4. The molecule has 1 aliphatic carbocycles. The van der Waals surface area contributed by atoms with Crippen molar-refractivity contribution in [3.63, 3.8) is 0 Å². The van der Waals surface area contributed by atoms with Gasteiger partial charge < -0.3 is 5.32 Å². The minimum Gasteiger partial charge on any atom is -0.314 e. The summed E-state index contributed by atoms with van der Waals surface area (Å²) in [5.41, 5.74) is 0. The zero-order valence-electron chi connectivity index (χ0n) is 11.4. The third kappa shape index (κ3) is 6.52. The molecule has 1 N–H and O–H groups in total. The van der Waals surface area contributed by atoms with Crippen LogP contribution < -0.4 is 5.32 Å². The van der Waals surface area contributed by atoms with Crippen LogP contribution in [-0.2, 0) is 0 Å². The lowest BCUT2D eigenvalue weighted by Crippen LogP contribution is -2.34. The van der Waals surface area contributed by atoms with Gasteiger partial charge in [-0.15, -0.1) is 0 Å². The van der Waals surface area contributed by atoms with E-state index in [0.29, 0.717) is 0 Å². The van der Waals surface area contributed by atoms with Gasteiger partial charge in [0.15, 0.2) is 0 Å². The smallest absolute Gasteiger partial charge is 0.00696 e. The first-order valence-electron chi connectivity index (χ1n) is 7.56. The third-order valence-electron chi connectivity index (χ3n) is 3.90. The Balaban J connectivity index is 1.86. The molecule has 16 heavy (non-hydrogen) atoms. The van der Waals surface area contributed by atoms with Gasteiger partial charge in [0.25, 0.3) is 0 Å². The van der Waals surface area contributed by atoms with Crippen LogP contribution in [0.5, 0.6) is 0 Å². The summed E-state index contributed by atoms with van der Waals surface area (Å²) in [6.45, 7) is 5.94. The molecule has 1 aliphatic rings. The summed E-state index contributed by atoms with van der Waals surface area (Å²) in [7, 11) is 0. The fourth-order valence-electron chi connectivity index (χ4n) is 2.83. The van der Waals surface area contributed by atoms with Crippen LogP contribution in [0, 0.1) is 5.92 Å². The Kier molecular flexibility index (Phi) is 7.92. The number of hydrogen-bond acceptors (Lipinski definition) is 1. The van der Waals surface area contributed by atoms with E-state index in [2.05, 4.69) is 19.2 Å². The summed E-state index contributed by atoms with van der Waals surface area (Å²) in [4.78, 5) is 0. The second kappa shape index (κ2) is 9.04. The van der Waals surface area contributed by atoms with Crippen molar-refractivity contribution in [2.45, 2.75) is 84.1 Å². The molecule has 2 atom stereocenters. The van der Waals surface area contributed by atoms with Gasteiger partial charge in [-0.1, -0.05) is 58.8 Å². The SMILES string of the molecule is CCCCCCCCNC1CCCC(C)C1. The van der Waals surface area contributed by atoms with Gasteiger partial charge in [-0.25, -0.2) is 0 Å². The Morgan fingerprint density at radius 2 is 1.75 bits per heavy atom. The molecule has 0 amide bonds. The van der Waals surface area contributed by atoms with Crippen molar-refractivity contribution in [1.82, 2.24) is 5.32 Å². The molecule has 2 unspecified atom stereocenters. The number of unbranched alkanes of at least 4 members (excludes halogenated alkanes) is 5. The molecule has 1 rings (SSSR count). The van der Waals surface area contributed by atoms with E-state index in [1.165, 1.54) is 70.8 Å². The summed E-state index contributed by atoms with van der Waals surface area (Å²) < 4.78 is 0. The molecule has 0 aliphatic heterocycles. The van der Waals surface area contributed by atoms with Crippen molar-refractivity contribution in [2.24, 2.45) is 5.92 Å². The average Bonchev–Trinajstić information content (AvgIpc) is 2.28.